The molecule has 0 unspecified atom stereocenters. The highest BCUT2D eigenvalue weighted by molar-refractivity contribution is 7.89. The van der Waals surface area contributed by atoms with Crippen LogP contribution < -0.4 is 10.5 Å². The molecule has 19 heavy (non-hydrogen) atoms. The molecule has 2 rings (SSSR count). The van der Waals surface area contributed by atoms with Gasteiger partial charge in [0.1, 0.15) is 5.82 Å². The van der Waals surface area contributed by atoms with Crippen molar-refractivity contribution < 1.29 is 12.8 Å². The van der Waals surface area contributed by atoms with Gasteiger partial charge < -0.3 is 5.73 Å². The normalized spacial score (nSPS) is 11.7. The van der Waals surface area contributed by atoms with E-state index in [1.807, 2.05) is 0 Å². The SMILES string of the molecule is Cc1cc(F)c(N)cc1S(=O)(=O)NCc1cscn1. The number of nitrogens with one attached hydrogen (secondary N) is 1. The Balaban J connectivity index is 2.27. The van der Waals surface area contributed by atoms with E-state index >= 15 is 0 Å². The fraction of sp³-hybridized carbons (Fsp3) is 0.182. The summed E-state index contributed by atoms with van der Waals surface area (Å²) in [5.74, 6) is -0.629. The summed E-state index contributed by atoms with van der Waals surface area (Å²) in [5, 5.41) is 1.74. The molecule has 0 bridgehead atoms. The highest BCUT2D eigenvalue weighted by Crippen LogP contribution is 2.21. The third kappa shape index (κ3) is 3.09. The van der Waals surface area contributed by atoms with Gasteiger partial charge in [-0.2, -0.15) is 0 Å². The summed E-state index contributed by atoms with van der Waals surface area (Å²) in [6.07, 6.45) is 0. The van der Waals surface area contributed by atoms with Gasteiger partial charge in [0, 0.05) is 5.38 Å². The smallest absolute Gasteiger partial charge is 0.241 e. The zero-order chi connectivity index (χ0) is 14.0. The van der Waals surface area contributed by atoms with Crippen molar-refractivity contribution in [2.24, 2.45) is 0 Å². The Labute approximate surface area is 114 Å². The molecule has 0 fully saturated rings. The predicted octanol–water partition coefficient (Wildman–Crippen LogP) is 1.65. The monoisotopic (exact) mass is 301 g/mol. The van der Waals surface area contributed by atoms with Crippen LogP contribution in [0.5, 0.6) is 0 Å². The maximum atomic E-state index is 13.2. The minimum absolute atomic E-state index is 0.0263. The van der Waals surface area contributed by atoms with Gasteiger partial charge in [0.25, 0.3) is 0 Å². The van der Waals surface area contributed by atoms with Gasteiger partial charge in [-0.25, -0.2) is 22.5 Å². The number of nitrogen functional groups attached to an aromatic ring is 1. The number of hydrogen-bond acceptors (Lipinski definition) is 5. The molecule has 0 spiro atoms. The minimum atomic E-state index is -3.74. The van der Waals surface area contributed by atoms with E-state index in [2.05, 4.69) is 9.71 Å². The van der Waals surface area contributed by atoms with Crippen molar-refractivity contribution in [1.82, 2.24) is 9.71 Å². The molecule has 0 aliphatic heterocycles. The molecule has 1 aromatic heterocycles. The van der Waals surface area contributed by atoms with E-state index in [0.717, 1.165) is 12.1 Å². The average molecular weight is 301 g/mol. The lowest BCUT2D eigenvalue weighted by molar-refractivity contribution is 0.579. The van der Waals surface area contributed by atoms with Crippen molar-refractivity contribution in [2.75, 3.05) is 5.73 Å². The van der Waals surface area contributed by atoms with E-state index in [1.165, 1.54) is 18.3 Å². The summed E-state index contributed by atoms with van der Waals surface area (Å²) < 4.78 is 39.8. The van der Waals surface area contributed by atoms with E-state index < -0.39 is 15.8 Å². The molecule has 5 nitrogen and oxygen atoms in total. The number of rotatable bonds is 4. The van der Waals surface area contributed by atoms with Crippen LogP contribution in [0.15, 0.2) is 27.9 Å². The highest BCUT2D eigenvalue weighted by atomic mass is 32.2. The summed E-state index contributed by atoms with van der Waals surface area (Å²) in [5.41, 5.74) is 7.75. The van der Waals surface area contributed by atoms with Crippen LogP contribution in [0.3, 0.4) is 0 Å². The molecule has 0 radical (unpaired) electrons. The lowest BCUT2D eigenvalue weighted by atomic mass is 10.2. The molecule has 0 saturated heterocycles. The van der Waals surface area contributed by atoms with Crippen LogP contribution in [0, 0.1) is 12.7 Å². The zero-order valence-corrected chi connectivity index (χ0v) is 11.7. The first-order valence-corrected chi connectivity index (χ1v) is 7.75. The lowest BCUT2D eigenvalue weighted by Gasteiger charge is -2.09. The standard InChI is InChI=1S/C11H12FN3O2S2/c1-7-2-9(12)10(13)3-11(7)19(16,17)15-4-8-5-18-6-14-8/h2-3,5-6,15H,4,13H2,1H3. The fourth-order valence-corrected chi connectivity index (χ4v) is 3.35. The molecule has 0 atom stereocenters. The summed E-state index contributed by atoms with van der Waals surface area (Å²) in [6.45, 7) is 1.60. The van der Waals surface area contributed by atoms with Crippen molar-refractivity contribution in [3.8, 4) is 0 Å². The lowest BCUT2D eigenvalue weighted by Crippen LogP contribution is -2.24. The van der Waals surface area contributed by atoms with Crippen LogP contribution in [-0.4, -0.2) is 13.4 Å². The van der Waals surface area contributed by atoms with Crippen molar-refractivity contribution >= 4 is 27.0 Å². The minimum Gasteiger partial charge on any atom is -0.396 e. The van der Waals surface area contributed by atoms with Crippen molar-refractivity contribution in [3.63, 3.8) is 0 Å². The van der Waals surface area contributed by atoms with Crippen molar-refractivity contribution in [2.45, 2.75) is 18.4 Å². The number of thiazole rings is 1. The quantitative estimate of drug-likeness (QED) is 0.841. The molecule has 0 saturated carbocycles. The fourth-order valence-electron chi connectivity index (χ4n) is 1.53. The van der Waals surface area contributed by atoms with Gasteiger partial charge in [-0.1, -0.05) is 0 Å². The van der Waals surface area contributed by atoms with Crippen LogP contribution in [0.1, 0.15) is 11.3 Å². The van der Waals surface area contributed by atoms with Gasteiger partial charge in [-0.15, -0.1) is 11.3 Å². The van der Waals surface area contributed by atoms with Gasteiger partial charge in [0.2, 0.25) is 10.0 Å². The molecule has 3 N–H and O–H groups in total. The third-order valence-corrected chi connectivity index (χ3v) is 4.69. The molecule has 1 heterocycles. The first kappa shape index (κ1) is 13.9. The molecule has 0 aliphatic carbocycles. The largest absolute Gasteiger partial charge is 0.396 e. The zero-order valence-electron chi connectivity index (χ0n) is 10.1. The Morgan fingerprint density at radius 1 is 1.47 bits per heavy atom. The summed E-state index contributed by atoms with van der Waals surface area (Å²) >= 11 is 1.38. The van der Waals surface area contributed by atoms with Gasteiger partial charge in [0.05, 0.1) is 28.3 Å². The number of nitrogens with two attached hydrogens (primary N) is 1. The number of anilines is 1. The molecular weight excluding hydrogens is 289 g/mol. The van der Waals surface area contributed by atoms with Crippen LogP contribution >= 0.6 is 11.3 Å². The van der Waals surface area contributed by atoms with E-state index in [-0.39, 0.29) is 17.1 Å². The van der Waals surface area contributed by atoms with Gasteiger partial charge in [-0.3, -0.25) is 0 Å². The topological polar surface area (TPSA) is 85.1 Å². The molecule has 0 aliphatic rings. The summed E-state index contributed by atoms with van der Waals surface area (Å²) in [6, 6.07) is 2.22. The first-order chi connectivity index (χ1) is 8.90. The highest BCUT2D eigenvalue weighted by Gasteiger charge is 2.18. The molecule has 1 aromatic carbocycles. The van der Waals surface area contributed by atoms with E-state index in [9.17, 15) is 12.8 Å². The third-order valence-electron chi connectivity index (χ3n) is 2.51. The summed E-state index contributed by atoms with van der Waals surface area (Å²) in [7, 11) is -3.74. The predicted molar refractivity (Wildman–Crippen MR) is 71.7 cm³/mol. The second kappa shape index (κ2) is 5.24. The van der Waals surface area contributed by atoms with Gasteiger partial charge in [-0.05, 0) is 24.6 Å². The van der Waals surface area contributed by atoms with E-state index in [0.29, 0.717) is 11.3 Å². The van der Waals surface area contributed by atoms with Gasteiger partial charge >= 0.3 is 0 Å². The maximum Gasteiger partial charge on any atom is 0.241 e. The van der Waals surface area contributed by atoms with Crippen LogP contribution in [0.2, 0.25) is 0 Å². The first-order valence-electron chi connectivity index (χ1n) is 5.32. The second-order valence-corrected chi connectivity index (χ2v) is 6.40. The number of aryl methyl sites for hydroxylation is 1. The maximum absolute atomic E-state index is 13.2. The van der Waals surface area contributed by atoms with Crippen LogP contribution in [0.25, 0.3) is 0 Å². The van der Waals surface area contributed by atoms with Crippen LogP contribution in [0.4, 0.5) is 10.1 Å². The number of benzene rings is 1. The number of sulfonamides is 1. The Morgan fingerprint density at radius 3 is 2.84 bits per heavy atom. The molecule has 0 amide bonds. The Morgan fingerprint density at radius 2 is 2.21 bits per heavy atom. The molecular formula is C11H12FN3O2S2. The summed E-state index contributed by atoms with van der Waals surface area (Å²) in [4.78, 5) is 3.95. The van der Waals surface area contributed by atoms with Crippen molar-refractivity contribution in [1.29, 1.82) is 0 Å². The van der Waals surface area contributed by atoms with Crippen molar-refractivity contribution in [3.05, 3.63) is 40.1 Å². The Kier molecular flexibility index (Phi) is 3.83. The Hall–Kier alpha value is -1.51. The number of nitrogens with zero attached hydrogens (tertiary/aromatic N) is 1. The number of aromatic nitrogens is 1. The molecule has 2 aromatic rings. The van der Waals surface area contributed by atoms with Crippen LogP contribution in [-0.2, 0) is 16.6 Å². The second-order valence-electron chi connectivity index (χ2n) is 3.94. The van der Waals surface area contributed by atoms with Gasteiger partial charge in [0.15, 0.2) is 0 Å². The van der Waals surface area contributed by atoms with E-state index in [1.54, 1.807) is 10.9 Å². The average Bonchev–Trinajstić information content (AvgIpc) is 2.84. The number of hydrogen-bond donors (Lipinski definition) is 2. The Bertz CT molecular complexity index is 684. The molecule has 8 heteroatoms. The number of halogens is 1. The molecule has 102 valence electrons. The van der Waals surface area contributed by atoms with E-state index in [4.69, 9.17) is 5.73 Å².